The van der Waals surface area contributed by atoms with Crippen molar-refractivity contribution in [3.8, 4) is 10.6 Å². The predicted molar refractivity (Wildman–Crippen MR) is 199 cm³/mol. The number of aromatic nitrogens is 2. The molecule has 6 atom stereocenters. The minimum absolute atomic E-state index is 0.105. The number of aryl methyl sites for hydroxylation is 2. The Morgan fingerprint density at radius 2 is 1.83 bits per heavy atom. The van der Waals surface area contributed by atoms with Crippen molar-refractivity contribution in [3.05, 3.63) is 105 Å². The Balaban J connectivity index is 1.13. The van der Waals surface area contributed by atoms with E-state index in [4.69, 9.17) is 21.1 Å². The molecule has 15 heteroatoms. The molecule has 1 N–H and O–H groups in total. The summed E-state index contributed by atoms with van der Waals surface area (Å²) in [4.78, 5) is 72.1. The van der Waals surface area contributed by atoms with Crippen LogP contribution in [0.5, 0.6) is 0 Å². The molecule has 5 aromatic rings. The monoisotopic (exact) mass is 765 g/mol. The summed E-state index contributed by atoms with van der Waals surface area (Å²) in [5.74, 6) is -4.94. The van der Waals surface area contributed by atoms with Crippen molar-refractivity contribution in [2.24, 2.45) is 36.1 Å². The first kappa shape index (κ1) is 34.3. The van der Waals surface area contributed by atoms with Gasteiger partial charge >= 0.3 is 0 Å². The molecule has 0 spiro atoms. The average molecular weight is 766 g/mol. The number of furan rings is 1. The Morgan fingerprint density at radius 3 is 2.57 bits per heavy atom. The Bertz CT molecular complexity index is 2540. The van der Waals surface area contributed by atoms with Gasteiger partial charge in [-0.15, -0.1) is 11.3 Å². The highest BCUT2D eigenvalue weighted by atomic mass is 35.5. The fraction of sp³-hybridized carbons (Fsp3) is 0.308. The van der Waals surface area contributed by atoms with Gasteiger partial charge in [0.25, 0.3) is 5.69 Å². The van der Waals surface area contributed by atoms with Crippen LogP contribution in [-0.2, 0) is 32.8 Å². The number of nitro benzene ring substituents is 1. The van der Waals surface area contributed by atoms with Crippen molar-refractivity contribution in [3.63, 3.8) is 0 Å². The van der Waals surface area contributed by atoms with Crippen molar-refractivity contribution in [2.75, 3.05) is 9.80 Å². The van der Waals surface area contributed by atoms with Crippen LogP contribution in [0.3, 0.4) is 0 Å². The summed E-state index contributed by atoms with van der Waals surface area (Å²) in [5.41, 5.74) is 0.760. The standard InChI is InChI=1S/C39H32ClN5O8S/c1-18-25-13-19(40)7-12-30(25)54-34(18)28-16-31(42(3)41-28)44-36(48)27-15-26-23(33(39(27,2)38(44)50)29-11-8-22(17-46)53-29)9-10-24-32(26)37(49)43(35(24)47)20-5-4-6-21(14-20)45(51)52/h4-9,11-14,16,24,26-27,32-33,46H,10,15,17H2,1-3H3/t24-,26+,27-,32-,33+,39+/m0/s1. The van der Waals surface area contributed by atoms with Gasteiger partial charge in [0.1, 0.15) is 29.6 Å². The van der Waals surface area contributed by atoms with Gasteiger partial charge in [-0.25, -0.2) is 9.80 Å². The lowest BCUT2D eigenvalue weighted by molar-refractivity contribution is -0.384. The van der Waals surface area contributed by atoms with Crippen molar-refractivity contribution in [1.82, 2.24) is 9.78 Å². The number of thiophene rings is 1. The number of carbonyl (C=O) groups excluding carboxylic acids is 4. The van der Waals surface area contributed by atoms with Gasteiger partial charge in [0, 0.05) is 35.0 Å². The number of benzene rings is 2. The fourth-order valence-corrected chi connectivity index (χ4v) is 10.7. The molecule has 4 aliphatic rings. The third-order valence-corrected chi connectivity index (χ3v) is 13.4. The molecule has 4 amide bonds. The lowest BCUT2D eigenvalue weighted by atomic mass is 9.52. The molecule has 0 unspecified atom stereocenters. The molecule has 1 saturated carbocycles. The lowest BCUT2D eigenvalue weighted by Gasteiger charge is -2.48. The Morgan fingerprint density at radius 1 is 1.04 bits per heavy atom. The van der Waals surface area contributed by atoms with Gasteiger partial charge in [-0.1, -0.05) is 29.3 Å². The average Bonchev–Trinajstić information content (AvgIpc) is 3.94. The summed E-state index contributed by atoms with van der Waals surface area (Å²) in [6, 6.07) is 16.1. The molecular weight excluding hydrogens is 734 g/mol. The number of nitrogens with zero attached hydrogens (tertiary/aromatic N) is 5. The molecule has 2 saturated heterocycles. The number of rotatable bonds is 6. The normalized spacial score (nSPS) is 26.4. The van der Waals surface area contributed by atoms with Crippen LogP contribution in [0.1, 0.15) is 42.8 Å². The number of halogens is 1. The van der Waals surface area contributed by atoms with E-state index in [2.05, 4.69) is 0 Å². The van der Waals surface area contributed by atoms with E-state index in [1.807, 2.05) is 31.2 Å². The molecule has 13 nitrogen and oxygen atoms in total. The third kappa shape index (κ3) is 4.69. The highest BCUT2D eigenvalue weighted by Crippen LogP contribution is 2.64. The summed E-state index contributed by atoms with van der Waals surface area (Å²) >= 11 is 7.83. The van der Waals surface area contributed by atoms with Gasteiger partial charge in [0.2, 0.25) is 23.6 Å². The second-order valence-corrected chi connectivity index (χ2v) is 16.1. The van der Waals surface area contributed by atoms with Gasteiger partial charge in [-0.3, -0.25) is 34.0 Å². The molecule has 3 aromatic heterocycles. The number of fused-ring (bicyclic) bond motifs is 5. The predicted octanol–water partition coefficient (Wildman–Crippen LogP) is 6.69. The van der Waals surface area contributed by atoms with E-state index < -0.39 is 63.6 Å². The van der Waals surface area contributed by atoms with Crippen molar-refractivity contribution >= 4 is 73.8 Å². The molecule has 9 rings (SSSR count). The van der Waals surface area contributed by atoms with Crippen LogP contribution >= 0.6 is 22.9 Å². The van der Waals surface area contributed by atoms with Crippen LogP contribution < -0.4 is 9.80 Å². The minimum atomic E-state index is -1.36. The molecule has 0 bridgehead atoms. The number of anilines is 2. The lowest BCUT2D eigenvalue weighted by Crippen LogP contribution is -2.48. The zero-order valence-electron chi connectivity index (χ0n) is 29.2. The van der Waals surface area contributed by atoms with E-state index in [9.17, 15) is 34.4 Å². The number of allylic oxidation sites excluding steroid dienone is 2. The second kappa shape index (κ2) is 12.0. The molecule has 5 heterocycles. The van der Waals surface area contributed by atoms with Gasteiger partial charge in [0.15, 0.2) is 0 Å². The summed E-state index contributed by atoms with van der Waals surface area (Å²) < 4.78 is 8.66. The number of amides is 4. The van der Waals surface area contributed by atoms with Crippen LogP contribution in [0.4, 0.5) is 17.2 Å². The molecule has 54 heavy (non-hydrogen) atoms. The zero-order valence-corrected chi connectivity index (χ0v) is 30.8. The molecule has 2 aliphatic carbocycles. The zero-order chi connectivity index (χ0) is 38.0. The summed E-state index contributed by atoms with van der Waals surface area (Å²) in [6.45, 7) is 3.35. The molecule has 2 aromatic carbocycles. The molecular formula is C39H32ClN5O8S. The van der Waals surface area contributed by atoms with Crippen molar-refractivity contribution in [2.45, 2.75) is 39.2 Å². The van der Waals surface area contributed by atoms with E-state index >= 15 is 0 Å². The number of hydrogen-bond acceptors (Lipinski definition) is 10. The van der Waals surface area contributed by atoms with Crippen LogP contribution in [0.2, 0.25) is 5.02 Å². The number of imide groups is 2. The number of aliphatic hydroxyl groups excluding tert-OH is 1. The maximum atomic E-state index is 15.0. The van der Waals surface area contributed by atoms with Gasteiger partial charge in [-0.05, 0) is 80.0 Å². The number of non-ortho nitro benzene ring substituents is 1. The quantitative estimate of drug-likeness (QED) is 0.0857. The highest BCUT2D eigenvalue weighted by molar-refractivity contribution is 7.22. The summed E-state index contributed by atoms with van der Waals surface area (Å²) in [7, 11) is 1.68. The first-order valence-corrected chi connectivity index (χ1v) is 18.7. The van der Waals surface area contributed by atoms with Gasteiger partial charge in [0.05, 0.1) is 44.6 Å². The number of aliphatic hydroxyl groups is 1. The minimum Gasteiger partial charge on any atom is -0.463 e. The topological polar surface area (TPSA) is 169 Å². The Labute approximate surface area is 316 Å². The SMILES string of the molecule is Cc1c(-c2cc(N3C(=O)[C@@H]4C[C@@H]5C(=CC[C@@H]6C(=O)N(c7cccc([N+](=O)[O-])c7)C(=O)[C@@H]65)[C@H](c5ccc(CO)o5)[C@]4(C)C3=O)n(C)n2)sc2ccc(Cl)cc12. The third-order valence-electron chi connectivity index (χ3n) is 11.9. The van der Waals surface area contributed by atoms with Crippen LogP contribution in [-0.4, -0.2) is 43.4 Å². The summed E-state index contributed by atoms with van der Waals surface area (Å²) in [5, 5.41) is 27.8. The number of carbonyl (C=O) groups is 4. The van der Waals surface area contributed by atoms with E-state index in [0.29, 0.717) is 27.9 Å². The fourth-order valence-electron chi connectivity index (χ4n) is 9.38. The first-order valence-electron chi connectivity index (χ1n) is 17.5. The van der Waals surface area contributed by atoms with E-state index in [-0.39, 0.29) is 36.6 Å². The molecule has 274 valence electrons. The molecule has 3 fully saturated rings. The number of nitro groups is 1. The molecule has 0 radical (unpaired) electrons. The molecule has 2 aliphatic heterocycles. The highest BCUT2D eigenvalue weighted by Gasteiger charge is 2.68. The van der Waals surface area contributed by atoms with Crippen molar-refractivity contribution < 1.29 is 33.6 Å². The largest absolute Gasteiger partial charge is 0.463 e. The van der Waals surface area contributed by atoms with Crippen molar-refractivity contribution in [1.29, 1.82) is 0 Å². The first-order chi connectivity index (χ1) is 25.8. The van der Waals surface area contributed by atoms with E-state index in [1.54, 1.807) is 32.2 Å². The van der Waals surface area contributed by atoms with E-state index in [1.165, 1.54) is 45.2 Å². The number of hydrogen-bond donors (Lipinski definition) is 1. The summed E-state index contributed by atoms with van der Waals surface area (Å²) in [6.07, 6.45) is 2.19. The van der Waals surface area contributed by atoms with Crippen LogP contribution in [0.25, 0.3) is 20.7 Å². The smallest absolute Gasteiger partial charge is 0.271 e. The van der Waals surface area contributed by atoms with Crippen LogP contribution in [0, 0.1) is 46.1 Å². The maximum Gasteiger partial charge on any atom is 0.271 e. The second-order valence-electron chi connectivity index (χ2n) is 14.6. The van der Waals surface area contributed by atoms with E-state index in [0.717, 1.165) is 25.4 Å². The van der Waals surface area contributed by atoms with Gasteiger partial charge < -0.3 is 9.52 Å². The Kier molecular flexibility index (Phi) is 7.65. The maximum absolute atomic E-state index is 15.0. The van der Waals surface area contributed by atoms with Gasteiger partial charge in [-0.2, -0.15) is 5.10 Å². The van der Waals surface area contributed by atoms with Crippen LogP contribution in [0.15, 0.2) is 76.7 Å². The Hall–Kier alpha value is -5.44.